The quantitative estimate of drug-likeness (QED) is 0.512. The first-order valence-corrected chi connectivity index (χ1v) is 3.65. The Bertz CT molecular complexity index is 188. The lowest BCUT2D eigenvalue weighted by Gasteiger charge is -2.24. The lowest BCUT2D eigenvalue weighted by Crippen LogP contribution is -2.41. The molecule has 3 N–H and O–H groups in total. The maximum Gasteiger partial charge on any atom is 0.317 e. The Labute approximate surface area is 66.0 Å². The molecule has 11 heavy (non-hydrogen) atoms. The van der Waals surface area contributed by atoms with E-state index in [0.29, 0.717) is 6.54 Å². The van der Waals surface area contributed by atoms with Gasteiger partial charge in [-0.2, -0.15) is 0 Å². The Balaban J connectivity index is 2.47. The van der Waals surface area contributed by atoms with Crippen LogP contribution in [0.2, 0.25) is 0 Å². The number of rotatable bonds is 0. The van der Waals surface area contributed by atoms with Crippen molar-refractivity contribution in [2.24, 2.45) is 5.73 Å². The van der Waals surface area contributed by atoms with Crippen LogP contribution in [0.5, 0.6) is 0 Å². The van der Waals surface area contributed by atoms with E-state index in [2.05, 4.69) is 5.32 Å². The van der Waals surface area contributed by atoms with Gasteiger partial charge in [0.1, 0.15) is 0 Å². The van der Waals surface area contributed by atoms with Crippen molar-refractivity contribution in [3.63, 3.8) is 0 Å². The number of urea groups is 1. The van der Waals surface area contributed by atoms with Gasteiger partial charge in [0.2, 0.25) is 0 Å². The summed E-state index contributed by atoms with van der Waals surface area (Å²) in [6.45, 7) is 1.35. The SMILES string of the molecule is CNC(=O)N1CC=C(N)CC1. The van der Waals surface area contributed by atoms with Crippen LogP contribution in [0.25, 0.3) is 0 Å². The van der Waals surface area contributed by atoms with Crippen LogP contribution >= 0.6 is 0 Å². The fraction of sp³-hybridized carbons (Fsp3) is 0.571. The highest BCUT2D eigenvalue weighted by Crippen LogP contribution is 2.04. The molecular weight excluding hydrogens is 142 g/mol. The summed E-state index contributed by atoms with van der Waals surface area (Å²) in [5.74, 6) is 0. The minimum atomic E-state index is -0.0336. The lowest BCUT2D eigenvalue weighted by atomic mass is 10.2. The average molecular weight is 155 g/mol. The zero-order valence-corrected chi connectivity index (χ0v) is 6.63. The van der Waals surface area contributed by atoms with E-state index < -0.39 is 0 Å². The highest BCUT2D eigenvalue weighted by molar-refractivity contribution is 5.74. The van der Waals surface area contributed by atoms with Gasteiger partial charge >= 0.3 is 6.03 Å². The van der Waals surface area contributed by atoms with Crippen LogP contribution in [0, 0.1) is 0 Å². The first-order valence-electron chi connectivity index (χ1n) is 3.65. The Hall–Kier alpha value is -1.19. The molecule has 0 atom stereocenters. The molecule has 4 nitrogen and oxygen atoms in total. The third-order valence-electron chi connectivity index (χ3n) is 1.75. The van der Waals surface area contributed by atoms with E-state index in [9.17, 15) is 4.79 Å². The molecule has 0 unspecified atom stereocenters. The highest BCUT2D eigenvalue weighted by atomic mass is 16.2. The maximum absolute atomic E-state index is 11.0. The van der Waals surface area contributed by atoms with Crippen LogP contribution in [0.3, 0.4) is 0 Å². The van der Waals surface area contributed by atoms with Crippen molar-refractivity contribution in [3.8, 4) is 0 Å². The van der Waals surface area contributed by atoms with E-state index in [1.165, 1.54) is 0 Å². The maximum atomic E-state index is 11.0. The van der Waals surface area contributed by atoms with Gasteiger partial charge in [-0.15, -0.1) is 0 Å². The van der Waals surface area contributed by atoms with Gasteiger partial charge in [0.15, 0.2) is 0 Å². The van der Waals surface area contributed by atoms with Gasteiger partial charge in [0, 0.05) is 32.3 Å². The number of carbonyl (C=O) groups excluding carboxylic acids is 1. The molecule has 0 aromatic carbocycles. The molecule has 0 fully saturated rings. The minimum absolute atomic E-state index is 0.0336. The predicted molar refractivity (Wildman–Crippen MR) is 42.9 cm³/mol. The van der Waals surface area contributed by atoms with Crippen LogP contribution in [-0.4, -0.2) is 31.1 Å². The number of hydrogen-bond donors (Lipinski definition) is 2. The van der Waals surface area contributed by atoms with Crippen LogP contribution in [0.15, 0.2) is 11.8 Å². The average Bonchev–Trinajstić information content (AvgIpc) is 2.05. The summed E-state index contributed by atoms with van der Waals surface area (Å²) in [7, 11) is 1.63. The summed E-state index contributed by atoms with van der Waals surface area (Å²) in [6, 6.07) is -0.0336. The van der Waals surface area contributed by atoms with Crippen LogP contribution < -0.4 is 11.1 Å². The first-order chi connectivity index (χ1) is 5.24. The molecule has 0 aromatic heterocycles. The largest absolute Gasteiger partial charge is 0.402 e. The summed E-state index contributed by atoms with van der Waals surface area (Å²) in [5, 5.41) is 2.57. The van der Waals surface area contributed by atoms with Crippen LogP contribution in [0.1, 0.15) is 6.42 Å². The second kappa shape index (κ2) is 3.27. The standard InChI is InChI=1S/C7H13N3O/c1-9-7(11)10-4-2-6(8)3-5-10/h2H,3-5,8H2,1H3,(H,9,11). The highest BCUT2D eigenvalue weighted by Gasteiger charge is 2.13. The Kier molecular flexibility index (Phi) is 2.36. The van der Waals surface area contributed by atoms with Crippen molar-refractivity contribution in [2.45, 2.75) is 6.42 Å². The molecule has 0 aromatic rings. The topological polar surface area (TPSA) is 58.4 Å². The van der Waals surface area contributed by atoms with E-state index in [4.69, 9.17) is 5.73 Å². The second-order valence-electron chi connectivity index (χ2n) is 2.53. The predicted octanol–water partition coefficient (Wildman–Crippen LogP) is -0.126. The van der Waals surface area contributed by atoms with Gasteiger partial charge < -0.3 is 16.0 Å². The van der Waals surface area contributed by atoms with E-state index in [1.54, 1.807) is 11.9 Å². The van der Waals surface area contributed by atoms with Gasteiger partial charge in [-0.3, -0.25) is 0 Å². The summed E-state index contributed by atoms with van der Waals surface area (Å²) in [6.07, 6.45) is 2.66. The van der Waals surface area contributed by atoms with Crippen LogP contribution in [-0.2, 0) is 0 Å². The Morgan fingerprint density at radius 2 is 2.55 bits per heavy atom. The zero-order valence-electron chi connectivity index (χ0n) is 6.63. The number of hydrogen-bond acceptors (Lipinski definition) is 2. The van der Waals surface area contributed by atoms with Gasteiger partial charge in [-0.25, -0.2) is 4.79 Å². The lowest BCUT2D eigenvalue weighted by molar-refractivity contribution is 0.204. The molecule has 1 rings (SSSR count). The molecule has 62 valence electrons. The van der Waals surface area contributed by atoms with Gasteiger partial charge in [0.05, 0.1) is 0 Å². The molecule has 1 heterocycles. The number of nitrogens with one attached hydrogen (secondary N) is 1. The van der Waals surface area contributed by atoms with E-state index in [0.717, 1.165) is 18.7 Å². The zero-order chi connectivity index (χ0) is 8.27. The van der Waals surface area contributed by atoms with Crippen molar-refractivity contribution in [1.29, 1.82) is 0 Å². The third kappa shape index (κ3) is 1.86. The fourth-order valence-electron chi connectivity index (χ4n) is 1.03. The van der Waals surface area contributed by atoms with Crippen molar-refractivity contribution in [3.05, 3.63) is 11.8 Å². The van der Waals surface area contributed by atoms with Crippen molar-refractivity contribution in [2.75, 3.05) is 20.1 Å². The smallest absolute Gasteiger partial charge is 0.317 e. The van der Waals surface area contributed by atoms with Crippen LogP contribution in [0.4, 0.5) is 4.79 Å². The molecule has 2 amide bonds. The third-order valence-corrected chi connectivity index (χ3v) is 1.75. The van der Waals surface area contributed by atoms with Gasteiger partial charge in [0.25, 0.3) is 0 Å². The molecule has 0 saturated heterocycles. The number of carbonyl (C=O) groups is 1. The fourth-order valence-corrected chi connectivity index (χ4v) is 1.03. The summed E-state index contributed by atoms with van der Waals surface area (Å²) in [4.78, 5) is 12.7. The Morgan fingerprint density at radius 3 is 3.00 bits per heavy atom. The van der Waals surface area contributed by atoms with Crippen molar-refractivity contribution in [1.82, 2.24) is 10.2 Å². The molecule has 0 bridgehead atoms. The summed E-state index contributed by atoms with van der Waals surface area (Å²) >= 11 is 0. The molecule has 0 saturated carbocycles. The molecule has 1 aliphatic heterocycles. The molecular formula is C7H13N3O. The van der Waals surface area contributed by atoms with E-state index in [-0.39, 0.29) is 6.03 Å². The monoisotopic (exact) mass is 155 g/mol. The number of nitrogens with two attached hydrogens (primary N) is 1. The molecule has 0 radical (unpaired) electrons. The van der Waals surface area contributed by atoms with E-state index in [1.807, 2.05) is 6.08 Å². The molecule has 0 aliphatic carbocycles. The Morgan fingerprint density at radius 1 is 1.82 bits per heavy atom. The molecule has 0 spiro atoms. The normalized spacial score (nSPS) is 17.5. The van der Waals surface area contributed by atoms with Gasteiger partial charge in [-0.05, 0) is 6.08 Å². The van der Waals surface area contributed by atoms with E-state index >= 15 is 0 Å². The second-order valence-corrected chi connectivity index (χ2v) is 2.53. The van der Waals surface area contributed by atoms with Crippen molar-refractivity contribution >= 4 is 6.03 Å². The summed E-state index contributed by atoms with van der Waals surface area (Å²) < 4.78 is 0. The number of nitrogens with zero attached hydrogens (tertiary/aromatic N) is 1. The molecule has 4 heteroatoms. The van der Waals surface area contributed by atoms with Crippen molar-refractivity contribution < 1.29 is 4.79 Å². The van der Waals surface area contributed by atoms with Gasteiger partial charge in [-0.1, -0.05) is 0 Å². The minimum Gasteiger partial charge on any atom is -0.402 e. The first kappa shape index (κ1) is 7.91. The molecule has 1 aliphatic rings. The summed E-state index contributed by atoms with van der Waals surface area (Å²) in [5.41, 5.74) is 6.42. The number of amides is 2.